The smallest absolute Gasteiger partial charge is 0.243 e. The zero-order chi connectivity index (χ0) is 22.6. The first-order chi connectivity index (χ1) is 14.8. The number of carbonyl (C=O) groups excluding carboxylic acids is 1. The van der Waals surface area contributed by atoms with Crippen LogP contribution in [-0.4, -0.2) is 47.0 Å². The molecule has 9 heteroatoms. The van der Waals surface area contributed by atoms with Crippen LogP contribution in [0.5, 0.6) is 0 Å². The SMILES string of the molecule is CCN(CC)S(=O)(=O)c1ccc2c(c1)nc(SCC(=O)Nc1ccc(C)cc1)n2CC. The van der Waals surface area contributed by atoms with E-state index in [0.29, 0.717) is 30.3 Å². The molecular formula is C22H28N4O3S2. The maximum Gasteiger partial charge on any atom is 0.243 e. The van der Waals surface area contributed by atoms with Gasteiger partial charge in [-0.1, -0.05) is 43.3 Å². The minimum atomic E-state index is -3.55. The highest BCUT2D eigenvalue weighted by atomic mass is 32.2. The summed E-state index contributed by atoms with van der Waals surface area (Å²) in [5.41, 5.74) is 3.34. The summed E-state index contributed by atoms with van der Waals surface area (Å²) in [4.78, 5) is 17.2. The minimum absolute atomic E-state index is 0.117. The Bertz CT molecular complexity index is 1170. The molecule has 0 fully saturated rings. The lowest BCUT2D eigenvalue weighted by Crippen LogP contribution is -2.30. The highest BCUT2D eigenvalue weighted by molar-refractivity contribution is 7.99. The Kier molecular flexibility index (Phi) is 7.40. The van der Waals surface area contributed by atoms with E-state index in [0.717, 1.165) is 16.8 Å². The number of anilines is 1. The van der Waals surface area contributed by atoms with Crippen LogP contribution in [0.3, 0.4) is 0 Å². The number of aromatic nitrogens is 2. The van der Waals surface area contributed by atoms with Gasteiger partial charge in [0, 0.05) is 25.3 Å². The van der Waals surface area contributed by atoms with E-state index in [1.807, 2.05) is 56.5 Å². The Balaban J connectivity index is 1.81. The number of nitrogens with one attached hydrogen (secondary N) is 1. The second kappa shape index (κ2) is 9.84. The van der Waals surface area contributed by atoms with Crippen molar-refractivity contribution < 1.29 is 13.2 Å². The van der Waals surface area contributed by atoms with E-state index in [1.165, 1.54) is 16.1 Å². The molecule has 0 saturated heterocycles. The third-order valence-electron chi connectivity index (χ3n) is 5.01. The van der Waals surface area contributed by atoms with Crippen LogP contribution in [0.2, 0.25) is 0 Å². The van der Waals surface area contributed by atoms with Crippen LogP contribution in [0.4, 0.5) is 5.69 Å². The van der Waals surface area contributed by atoms with E-state index < -0.39 is 10.0 Å². The van der Waals surface area contributed by atoms with Gasteiger partial charge >= 0.3 is 0 Å². The Morgan fingerprint density at radius 3 is 2.39 bits per heavy atom. The van der Waals surface area contributed by atoms with Gasteiger partial charge in [-0.2, -0.15) is 4.31 Å². The first-order valence-electron chi connectivity index (χ1n) is 10.3. The standard InChI is InChI=1S/C22H28N4O3S2/c1-5-25(6-2)31(28,29)18-12-13-20-19(14-18)24-22(26(20)7-3)30-15-21(27)23-17-10-8-16(4)9-11-17/h8-14H,5-7,15H2,1-4H3,(H,23,27). The normalized spacial score (nSPS) is 11.9. The van der Waals surface area contributed by atoms with Gasteiger partial charge in [-0.25, -0.2) is 13.4 Å². The molecule has 0 spiro atoms. The van der Waals surface area contributed by atoms with Crippen LogP contribution in [-0.2, 0) is 21.4 Å². The molecule has 0 aliphatic rings. The highest BCUT2D eigenvalue weighted by Gasteiger charge is 2.23. The second-order valence-electron chi connectivity index (χ2n) is 7.08. The summed E-state index contributed by atoms with van der Waals surface area (Å²) >= 11 is 1.34. The summed E-state index contributed by atoms with van der Waals surface area (Å²) in [7, 11) is -3.55. The number of hydrogen-bond acceptors (Lipinski definition) is 5. The van der Waals surface area contributed by atoms with E-state index in [-0.39, 0.29) is 16.6 Å². The first kappa shape index (κ1) is 23.3. The zero-order valence-electron chi connectivity index (χ0n) is 18.3. The number of imidazole rings is 1. The summed E-state index contributed by atoms with van der Waals surface area (Å²) in [6.45, 7) is 9.13. The molecule has 0 saturated carbocycles. The molecule has 0 atom stereocenters. The Morgan fingerprint density at radius 1 is 1.10 bits per heavy atom. The summed E-state index contributed by atoms with van der Waals surface area (Å²) < 4.78 is 29.1. The second-order valence-corrected chi connectivity index (χ2v) is 9.96. The number of carbonyl (C=O) groups is 1. The zero-order valence-corrected chi connectivity index (χ0v) is 19.9. The Morgan fingerprint density at radius 2 is 1.77 bits per heavy atom. The van der Waals surface area contributed by atoms with E-state index in [2.05, 4.69) is 10.3 Å². The first-order valence-corrected chi connectivity index (χ1v) is 12.7. The van der Waals surface area contributed by atoms with Crippen LogP contribution < -0.4 is 5.32 Å². The molecular weight excluding hydrogens is 432 g/mol. The molecule has 3 aromatic rings. The molecule has 0 unspecified atom stereocenters. The van der Waals surface area contributed by atoms with Gasteiger partial charge < -0.3 is 9.88 Å². The maximum absolute atomic E-state index is 12.8. The van der Waals surface area contributed by atoms with E-state index >= 15 is 0 Å². The lowest BCUT2D eigenvalue weighted by molar-refractivity contribution is -0.113. The van der Waals surface area contributed by atoms with Crippen molar-refractivity contribution in [2.45, 2.75) is 44.3 Å². The number of amides is 1. The number of benzene rings is 2. The molecule has 2 aromatic carbocycles. The number of nitrogens with zero attached hydrogens (tertiary/aromatic N) is 3. The molecule has 1 heterocycles. The van der Waals surface area contributed by atoms with Gasteiger partial charge in [0.05, 0.1) is 21.7 Å². The van der Waals surface area contributed by atoms with E-state index in [4.69, 9.17) is 0 Å². The van der Waals surface area contributed by atoms with Gasteiger partial charge in [0.25, 0.3) is 0 Å². The third kappa shape index (κ3) is 5.11. The van der Waals surface area contributed by atoms with Crippen molar-refractivity contribution in [2.24, 2.45) is 0 Å². The number of sulfonamides is 1. The lowest BCUT2D eigenvalue weighted by atomic mass is 10.2. The van der Waals surface area contributed by atoms with Gasteiger partial charge in [-0.3, -0.25) is 4.79 Å². The average molecular weight is 461 g/mol. The van der Waals surface area contributed by atoms with Crippen LogP contribution >= 0.6 is 11.8 Å². The van der Waals surface area contributed by atoms with Crippen molar-refractivity contribution in [3.63, 3.8) is 0 Å². The average Bonchev–Trinajstić information content (AvgIpc) is 3.11. The molecule has 0 bridgehead atoms. The summed E-state index contributed by atoms with van der Waals surface area (Å²) in [6, 6.07) is 12.7. The van der Waals surface area contributed by atoms with Crippen LogP contribution in [0, 0.1) is 6.92 Å². The van der Waals surface area contributed by atoms with Crippen molar-refractivity contribution >= 4 is 44.4 Å². The molecule has 1 amide bonds. The van der Waals surface area contributed by atoms with Gasteiger partial charge in [0.1, 0.15) is 0 Å². The predicted molar refractivity (Wildman–Crippen MR) is 126 cm³/mol. The highest BCUT2D eigenvalue weighted by Crippen LogP contribution is 2.27. The monoisotopic (exact) mass is 460 g/mol. The molecule has 0 aliphatic heterocycles. The van der Waals surface area contributed by atoms with Crippen molar-refractivity contribution in [3.8, 4) is 0 Å². The quantitative estimate of drug-likeness (QED) is 0.486. The molecule has 0 radical (unpaired) electrons. The molecule has 1 N–H and O–H groups in total. The van der Waals surface area contributed by atoms with Crippen LogP contribution in [0.25, 0.3) is 11.0 Å². The maximum atomic E-state index is 12.8. The molecule has 166 valence electrons. The molecule has 1 aromatic heterocycles. The van der Waals surface area contributed by atoms with Crippen molar-refractivity contribution in [1.82, 2.24) is 13.9 Å². The number of aryl methyl sites for hydroxylation is 2. The van der Waals surface area contributed by atoms with Gasteiger partial charge in [0.15, 0.2) is 5.16 Å². The number of rotatable bonds is 9. The summed E-state index contributed by atoms with van der Waals surface area (Å²) in [5.74, 6) is 0.0929. The topological polar surface area (TPSA) is 84.3 Å². The minimum Gasteiger partial charge on any atom is -0.325 e. The third-order valence-corrected chi connectivity index (χ3v) is 8.03. The fourth-order valence-electron chi connectivity index (χ4n) is 3.34. The molecule has 31 heavy (non-hydrogen) atoms. The van der Waals surface area contributed by atoms with Crippen molar-refractivity contribution in [1.29, 1.82) is 0 Å². The van der Waals surface area contributed by atoms with Crippen molar-refractivity contribution in [2.75, 3.05) is 24.2 Å². The van der Waals surface area contributed by atoms with Crippen molar-refractivity contribution in [3.05, 3.63) is 48.0 Å². The summed E-state index contributed by atoms with van der Waals surface area (Å²) in [6.07, 6.45) is 0. The fraction of sp³-hybridized carbons (Fsp3) is 0.364. The molecule has 7 nitrogen and oxygen atoms in total. The van der Waals surface area contributed by atoms with Crippen LogP contribution in [0.15, 0.2) is 52.5 Å². The summed E-state index contributed by atoms with van der Waals surface area (Å²) in [5, 5.41) is 3.57. The lowest BCUT2D eigenvalue weighted by Gasteiger charge is -2.18. The van der Waals surface area contributed by atoms with E-state index in [1.54, 1.807) is 18.2 Å². The van der Waals surface area contributed by atoms with Gasteiger partial charge in [-0.15, -0.1) is 0 Å². The largest absolute Gasteiger partial charge is 0.325 e. The number of thioether (sulfide) groups is 1. The number of hydrogen-bond donors (Lipinski definition) is 1. The van der Waals surface area contributed by atoms with Gasteiger partial charge in [0.2, 0.25) is 15.9 Å². The Labute approximate surface area is 187 Å². The van der Waals surface area contributed by atoms with Crippen LogP contribution in [0.1, 0.15) is 26.3 Å². The van der Waals surface area contributed by atoms with E-state index in [9.17, 15) is 13.2 Å². The Hall–Kier alpha value is -2.36. The van der Waals surface area contributed by atoms with Gasteiger partial charge in [-0.05, 0) is 44.2 Å². The molecule has 3 rings (SSSR count). The fourth-order valence-corrected chi connectivity index (χ4v) is 5.70. The molecule has 0 aliphatic carbocycles. The predicted octanol–water partition coefficient (Wildman–Crippen LogP) is 4.13. The number of fused-ring (bicyclic) bond motifs is 1.